The van der Waals surface area contributed by atoms with Crippen LogP contribution in [0.25, 0.3) is 0 Å². The molecule has 0 saturated carbocycles. The van der Waals surface area contributed by atoms with Crippen LogP contribution < -0.4 is 0 Å². The van der Waals surface area contributed by atoms with Gasteiger partial charge in [0, 0.05) is 18.7 Å². The van der Waals surface area contributed by atoms with Gasteiger partial charge in [-0.25, -0.2) is 4.79 Å². The highest BCUT2D eigenvalue weighted by atomic mass is 16.5. The van der Waals surface area contributed by atoms with E-state index in [1.54, 1.807) is 4.68 Å². The Hall–Kier alpha value is -1.36. The van der Waals surface area contributed by atoms with Gasteiger partial charge >= 0.3 is 5.97 Å². The van der Waals surface area contributed by atoms with E-state index in [1.165, 1.54) is 7.11 Å². The minimum absolute atomic E-state index is 0.244. The van der Waals surface area contributed by atoms with E-state index in [4.69, 9.17) is 0 Å². The van der Waals surface area contributed by atoms with Gasteiger partial charge in [-0.2, -0.15) is 5.10 Å². The third-order valence-electron chi connectivity index (χ3n) is 2.45. The highest BCUT2D eigenvalue weighted by Gasteiger charge is 2.18. The average molecular weight is 226 g/mol. The molecule has 0 amide bonds. The third kappa shape index (κ3) is 2.82. The zero-order valence-electron chi connectivity index (χ0n) is 9.93. The molecule has 0 aromatic carbocycles. The first-order valence-electron chi connectivity index (χ1n) is 5.43. The van der Waals surface area contributed by atoms with Gasteiger partial charge in [0.15, 0.2) is 6.10 Å². The Morgan fingerprint density at radius 1 is 1.62 bits per heavy atom. The molecule has 0 saturated heterocycles. The van der Waals surface area contributed by atoms with Crippen LogP contribution in [0, 0.1) is 0 Å². The van der Waals surface area contributed by atoms with Crippen molar-refractivity contribution in [3.8, 4) is 0 Å². The van der Waals surface area contributed by atoms with Gasteiger partial charge in [-0.1, -0.05) is 6.92 Å². The topological polar surface area (TPSA) is 64.3 Å². The van der Waals surface area contributed by atoms with Gasteiger partial charge in [0.05, 0.1) is 12.8 Å². The van der Waals surface area contributed by atoms with E-state index in [9.17, 15) is 9.90 Å². The molecular weight excluding hydrogens is 208 g/mol. The quantitative estimate of drug-likeness (QED) is 0.744. The zero-order valence-corrected chi connectivity index (χ0v) is 9.93. The first-order valence-corrected chi connectivity index (χ1v) is 5.43. The number of aliphatic hydroxyl groups is 1. The lowest BCUT2D eigenvalue weighted by Crippen LogP contribution is -2.25. The minimum atomic E-state index is -1.11. The predicted octanol–water partition coefficient (Wildman–Crippen LogP) is 0.542. The van der Waals surface area contributed by atoms with E-state index in [0.717, 1.165) is 24.4 Å². The summed E-state index contributed by atoms with van der Waals surface area (Å²) < 4.78 is 6.27. The van der Waals surface area contributed by atoms with Crippen molar-refractivity contribution in [2.24, 2.45) is 0 Å². The molecular formula is C11H18N2O3. The Labute approximate surface area is 95.0 Å². The van der Waals surface area contributed by atoms with Crippen molar-refractivity contribution >= 4 is 5.97 Å². The van der Waals surface area contributed by atoms with E-state index in [0.29, 0.717) is 0 Å². The molecule has 1 aromatic rings. The molecule has 1 atom stereocenters. The number of hydrogen-bond donors (Lipinski definition) is 1. The van der Waals surface area contributed by atoms with Crippen molar-refractivity contribution in [2.45, 2.75) is 39.3 Å². The number of aryl methyl sites for hydroxylation is 2. The van der Waals surface area contributed by atoms with Crippen LogP contribution in [0.15, 0.2) is 6.07 Å². The second-order valence-corrected chi connectivity index (χ2v) is 3.54. The van der Waals surface area contributed by atoms with E-state index in [1.807, 2.05) is 19.9 Å². The van der Waals surface area contributed by atoms with E-state index in [-0.39, 0.29) is 6.42 Å². The molecule has 1 unspecified atom stereocenters. The van der Waals surface area contributed by atoms with Gasteiger partial charge in [0.25, 0.3) is 0 Å². The summed E-state index contributed by atoms with van der Waals surface area (Å²) in [5, 5.41) is 13.9. The summed E-state index contributed by atoms with van der Waals surface area (Å²) in [7, 11) is 1.26. The first-order chi connectivity index (χ1) is 7.62. The van der Waals surface area contributed by atoms with Gasteiger partial charge < -0.3 is 9.84 Å². The molecule has 0 radical (unpaired) electrons. The number of methoxy groups -OCH3 is 1. The molecule has 5 nitrogen and oxygen atoms in total. The molecule has 5 heteroatoms. The second-order valence-electron chi connectivity index (χ2n) is 3.54. The average Bonchev–Trinajstić information content (AvgIpc) is 2.70. The fraction of sp³-hybridized carbons (Fsp3) is 0.636. The summed E-state index contributed by atoms with van der Waals surface area (Å²) in [4.78, 5) is 11.1. The largest absolute Gasteiger partial charge is 0.467 e. The van der Waals surface area contributed by atoms with E-state index < -0.39 is 12.1 Å². The molecule has 1 rings (SSSR count). The van der Waals surface area contributed by atoms with Crippen molar-refractivity contribution in [1.29, 1.82) is 0 Å². The number of hydrogen-bond acceptors (Lipinski definition) is 4. The molecule has 0 bridgehead atoms. The van der Waals surface area contributed by atoms with Crippen molar-refractivity contribution in [2.75, 3.05) is 7.11 Å². The summed E-state index contributed by atoms with van der Waals surface area (Å²) in [6.07, 6.45) is -0.0290. The lowest BCUT2D eigenvalue weighted by molar-refractivity contribution is -0.150. The number of nitrogens with zero attached hydrogens (tertiary/aromatic N) is 2. The van der Waals surface area contributed by atoms with Gasteiger partial charge in [-0.05, 0) is 19.4 Å². The Morgan fingerprint density at radius 3 is 2.81 bits per heavy atom. The van der Waals surface area contributed by atoms with Crippen LogP contribution in [0.5, 0.6) is 0 Å². The Balaban J connectivity index is 2.79. The Morgan fingerprint density at radius 2 is 2.31 bits per heavy atom. The predicted molar refractivity (Wildman–Crippen MR) is 59.0 cm³/mol. The van der Waals surface area contributed by atoms with Gasteiger partial charge in [0.2, 0.25) is 0 Å². The SMILES string of the molecule is CCc1cc(CC(O)C(=O)OC)n(CC)n1. The van der Waals surface area contributed by atoms with E-state index >= 15 is 0 Å². The molecule has 1 heterocycles. The summed E-state index contributed by atoms with van der Waals surface area (Å²) in [5.41, 5.74) is 1.83. The monoisotopic (exact) mass is 226 g/mol. The van der Waals surface area contributed by atoms with Crippen molar-refractivity contribution < 1.29 is 14.6 Å². The highest BCUT2D eigenvalue weighted by Crippen LogP contribution is 2.09. The number of rotatable bonds is 5. The van der Waals surface area contributed by atoms with Crippen LogP contribution >= 0.6 is 0 Å². The molecule has 0 aliphatic carbocycles. The standard InChI is InChI=1S/C11H18N2O3/c1-4-8-6-9(13(5-2)12-8)7-10(14)11(15)16-3/h6,10,14H,4-5,7H2,1-3H3. The summed E-state index contributed by atoms with van der Waals surface area (Å²) >= 11 is 0. The van der Waals surface area contributed by atoms with Crippen LogP contribution in [0.4, 0.5) is 0 Å². The smallest absolute Gasteiger partial charge is 0.335 e. The minimum Gasteiger partial charge on any atom is -0.467 e. The Kier molecular flexibility index (Phi) is 4.49. The van der Waals surface area contributed by atoms with Gasteiger partial charge in [-0.15, -0.1) is 0 Å². The number of ether oxygens (including phenoxy) is 1. The zero-order chi connectivity index (χ0) is 12.1. The highest BCUT2D eigenvalue weighted by molar-refractivity contribution is 5.74. The van der Waals surface area contributed by atoms with Gasteiger partial charge in [0.1, 0.15) is 0 Å². The maximum atomic E-state index is 11.1. The number of carbonyl (C=O) groups excluding carboxylic acids is 1. The molecule has 1 aromatic heterocycles. The van der Waals surface area contributed by atoms with Gasteiger partial charge in [-0.3, -0.25) is 4.68 Å². The van der Waals surface area contributed by atoms with Crippen LogP contribution in [0.3, 0.4) is 0 Å². The van der Waals surface area contributed by atoms with Crippen LogP contribution in [0.2, 0.25) is 0 Å². The number of carbonyl (C=O) groups is 1. The molecule has 0 spiro atoms. The van der Waals surface area contributed by atoms with Crippen LogP contribution in [0.1, 0.15) is 25.2 Å². The fourth-order valence-electron chi connectivity index (χ4n) is 1.54. The lowest BCUT2D eigenvalue weighted by atomic mass is 10.2. The summed E-state index contributed by atoms with van der Waals surface area (Å²) in [6.45, 7) is 4.71. The number of aliphatic hydroxyl groups excluding tert-OH is 1. The van der Waals surface area contributed by atoms with Crippen LogP contribution in [-0.2, 0) is 28.9 Å². The molecule has 90 valence electrons. The first kappa shape index (κ1) is 12.7. The van der Waals surface area contributed by atoms with Crippen LogP contribution in [-0.4, -0.2) is 34.1 Å². The summed E-state index contributed by atoms with van der Waals surface area (Å²) in [5.74, 6) is -0.609. The molecule has 0 aliphatic rings. The lowest BCUT2D eigenvalue weighted by Gasteiger charge is -2.09. The normalized spacial score (nSPS) is 12.5. The van der Waals surface area contributed by atoms with E-state index in [2.05, 4.69) is 9.84 Å². The summed E-state index contributed by atoms with van der Waals surface area (Å²) in [6, 6.07) is 1.91. The maximum Gasteiger partial charge on any atom is 0.335 e. The number of esters is 1. The molecule has 0 aliphatic heterocycles. The third-order valence-corrected chi connectivity index (χ3v) is 2.45. The molecule has 16 heavy (non-hydrogen) atoms. The molecule has 1 N–H and O–H groups in total. The maximum absolute atomic E-state index is 11.1. The number of aromatic nitrogens is 2. The van der Waals surface area contributed by atoms with Crippen molar-refractivity contribution in [1.82, 2.24) is 9.78 Å². The fourth-order valence-corrected chi connectivity index (χ4v) is 1.54. The van der Waals surface area contributed by atoms with Crippen molar-refractivity contribution in [3.63, 3.8) is 0 Å². The Bertz CT molecular complexity index is 360. The van der Waals surface area contributed by atoms with Crippen molar-refractivity contribution in [3.05, 3.63) is 17.5 Å². The molecule has 0 fully saturated rings. The second kappa shape index (κ2) is 5.65.